The molecule has 1 amide bonds. The lowest BCUT2D eigenvalue weighted by Gasteiger charge is -2.15. The normalized spacial score (nSPS) is 21.0. The minimum atomic E-state index is -0.840. The molecule has 0 unspecified atom stereocenters. The Hall–Kier alpha value is -2.11. The van der Waals surface area contributed by atoms with Gasteiger partial charge in [0.1, 0.15) is 0 Å². The van der Waals surface area contributed by atoms with Gasteiger partial charge in [-0.05, 0) is 38.3 Å². The van der Waals surface area contributed by atoms with E-state index in [-0.39, 0.29) is 24.0 Å². The van der Waals surface area contributed by atoms with Crippen LogP contribution in [0.2, 0.25) is 0 Å². The van der Waals surface area contributed by atoms with Crippen molar-refractivity contribution in [2.75, 3.05) is 6.61 Å². The Morgan fingerprint density at radius 3 is 2.81 bits per heavy atom. The number of carboxylic acid groups (broad SMARTS) is 1. The van der Waals surface area contributed by atoms with Gasteiger partial charge in [0.15, 0.2) is 11.6 Å². The van der Waals surface area contributed by atoms with Crippen LogP contribution >= 0.6 is 0 Å². The van der Waals surface area contributed by atoms with E-state index in [0.717, 1.165) is 0 Å². The minimum absolute atomic E-state index is 0.0646. The van der Waals surface area contributed by atoms with Gasteiger partial charge in [-0.3, -0.25) is 9.59 Å². The second-order valence-electron chi connectivity index (χ2n) is 5.07. The van der Waals surface area contributed by atoms with Gasteiger partial charge >= 0.3 is 5.97 Å². The van der Waals surface area contributed by atoms with Crippen molar-refractivity contribution in [3.63, 3.8) is 0 Å². The molecule has 0 heterocycles. The van der Waals surface area contributed by atoms with Gasteiger partial charge in [-0.25, -0.2) is 4.39 Å². The number of carboxylic acids is 1. The Bertz CT molecular complexity index is 546. The van der Waals surface area contributed by atoms with Crippen LogP contribution in [0.15, 0.2) is 18.2 Å². The summed E-state index contributed by atoms with van der Waals surface area (Å²) in [6.45, 7) is 1.97. The SMILES string of the molecule is CCOc1c(F)cccc1C(=O)N[C@@H]1CC[C@H](C(=O)O)C1. The van der Waals surface area contributed by atoms with E-state index in [1.165, 1.54) is 18.2 Å². The fraction of sp³-hybridized carbons (Fsp3) is 0.467. The van der Waals surface area contributed by atoms with Crippen LogP contribution in [0.4, 0.5) is 4.39 Å². The summed E-state index contributed by atoms with van der Waals surface area (Å²) in [7, 11) is 0. The van der Waals surface area contributed by atoms with Gasteiger partial charge in [0.05, 0.1) is 18.1 Å². The summed E-state index contributed by atoms with van der Waals surface area (Å²) in [6.07, 6.45) is 1.56. The van der Waals surface area contributed by atoms with Gasteiger partial charge in [0.25, 0.3) is 5.91 Å². The van der Waals surface area contributed by atoms with Crippen molar-refractivity contribution < 1.29 is 23.8 Å². The maximum Gasteiger partial charge on any atom is 0.306 e. The molecule has 2 rings (SSSR count). The van der Waals surface area contributed by atoms with Crippen LogP contribution in [0.3, 0.4) is 0 Å². The van der Waals surface area contributed by atoms with E-state index in [4.69, 9.17) is 9.84 Å². The molecule has 21 heavy (non-hydrogen) atoms. The van der Waals surface area contributed by atoms with Crippen LogP contribution in [0.25, 0.3) is 0 Å². The molecule has 2 N–H and O–H groups in total. The number of hydrogen-bond acceptors (Lipinski definition) is 3. The zero-order valence-corrected chi connectivity index (χ0v) is 11.8. The van der Waals surface area contributed by atoms with Crippen molar-refractivity contribution in [3.8, 4) is 5.75 Å². The van der Waals surface area contributed by atoms with Crippen LogP contribution < -0.4 is 10.1 Å². The van der Waals surface area contributed by atoms with E-state index in [2.05, 4.69) is 5.32 Å². The number of halogens is 1. The lowest BCUT2D eigenvalue weighted by molar-refractivity contribution is -0.141. The lowest BCUT2D eigenvalue weighted by atomic mass is 10.1. The number of rotatable bonds is 5. The number of benzene rings is 1. The lowest BCUT2D eigenvalue weighted by Crippen LogP contribution is -2.33. The Kier molecular flexibility index (Phi) is 4.77. The van der Waals surface area contributed by atoms with Crippen molar-refractivity contribution in [3.05, 3.63) is 29.6 Å². The monoisotopic (exact) mass is 295 g/mol. The molecular weight excluding hydrogens is 277 g/mol. The van der Waals surface area contributed by atoms with E-state index in [0.29, 0.717) is 19.3 Å². The van der Waals surface area contributed by atoms with Crippen molar-refractivity contribution in [1.29, 1.82) is 0 Å². The molecule has 2 atom stereocenters. The second kappa shape index (κ2) is 6.56. The van der Waals surface area contributed by atoms with Gasteiger partial charge in [-0.15, -0.1) is 0 Å². The summed E-state index contributed by atoms with van der Waals surface area (Å²) < 4.78 is 18.9. The fourth-order valence-corrected chi connectivity index (χ4v) is 2.58. The Labute approximate surface area is 122 Å². The Morgan fingerprint density at radius 2 is 2.19 bits per heavy atom. The highest BCUT2D eigenvalue weighted by Gasteiger charge is 2.31. The van der Waals surface area contributed by atoms with E-state index in [1.807, 2.05) is 0 Å². The number of carbonyl (C=O) groups excluding carboxylic acids is 1. The molecule has 1 aliphatic carbocycles. The van der Waals surface area contributed by atoms with Crippen LogP contribution in [0.1, 0.15) is 36.5 Å². The standard InChI is InChI=1S/C15H18FNO4/c1-2-21-13-11(4-3-5-12(13)16)14(18)17-10-7-6-9(8-10)15(19)20/h3-5,9-10H,2,6-8H2,1H3,(H,17,18)(H,19,20)/t9-,10+/m0/s1. The third-order valence-electron chi connectivity index (χ3n) is 3.62. The van der Waals surface area contributed by atoms with E-state index in [1.54, 1.807) is 6.92 Å². The molecule has 1 saturated carbocycles. The van der Waals surface area contributed by atoms with Crippen LogP contribution in [-0.4, -0.2) is 29.6 Å². The van der Waals surface area contributed by atoms with Gasteiger partial charge in [-0.1, -0.05) is 6.07 Å². The van der Waals surface area contributed by atoms with Gasteiger partial charge in [-0.2, -0.15) is 0 Å². The topological polar surface area (TPSA) is 75.6 Å². The second-order valence-corrected chi connectivity index (χ2v) is 5.07. The summed E-state index contributed by atoms with van der Waals surface area (Å²) in [4.78, 5) is 23.1. The molecule has 0 aliphatic heterocycles. The summed E-state index contributed by atoms with van der Waals surface area (Å²) >= 11 is 0. The molecular formula is C15H18FNO4. The van der Waals surface area contributed by atoms with E-state index in [9.17, 15) is 14.0 Å². The number of amides is 1. The molecule has 1 fully saturated rings. The largest absolute Gasteiger partial charge is 0.490 e. The average molecular weight is 295 g/mol. The number of hydrogen-bond donors (Lipinski definition) is 2. The summed E-state index contributed by atoms with van der Waals surface area (Å²) in [5.74, 6) is -2.35. The van der Waals surface area contributed by atoms with Gasteiger partial charge in [0.2, 0.25) is 0 Å². The van der Waals surface area contributed by atoms with Gasteiger partial charge < -0.3 is 15.2 Å². The van der Waals surface area contributed by atoms with Crippen LogP contribution in [-0.2, 0) is 4.79 Å². The highest BCUT2D eigenvalue weighted by molar-refractivity contribution is 5.97. The first kappa shape index (κ1) is 15.3. The quantitative estimate of drug-likeness (QED) is 0.873. The van der Waals surface area contributed by atoms with Crippen LogP contribution in [0, 0.1) is 11.7 Å². The number of nitrogens with one attached hydrogen (secondary N) is 1. The predicted molar refractivity (Wildman–Crippen MR) is 73.8 cm³/mol. The first-order chi connectivity index (χ1) is 10.0. The highest BCUT2D eigenvalue weighted by atomic mass is 19.1. The third kappa shape index (κ3) is 3.51. The summed E-state index contributed by atoms with van der Waals surface area (Å²) in [5, 5.41) is 11.7. The molecule has 5 nitrogen and oxygen atoms in total. The molecule has 0 bridgehead atoms. The summed E-state index contributed by atoms with van der Waals surface area (Å²) in [6, 6.07) is 3.98. The van der Waals surface area contributed by atoms with Crippen molar-refractivity contribution >= 4 is 11.9 Å². The van der Waals surface area contributed by atoms with E-state index < -0.39 is 23.6 Å². The number of para-hydroxylation sites is 1. The molecule has 1 aromatic rings. The maximum absolute atomic E-state index is 13.7. The highest BCUT2D eigenvalue weighted by Crippen LogP contribution is 2.27. The molecule has 6 heteroatoms. The van der Waals surface area contributed by atoms with E-state index >= 15 is 0 Å². The first-order valence-corrected chi connectivity index (χ1v) is 6.98. The van der Waals surface area contributed by atoms with Crippen LogP contribution in [0.5, 0.6) is 5.75 Å². The maximum atomic E-state index is 13.7. The number of carbonyl (C=O) groups is 2. The minimum Gasteiger partial charge on any atom is -0.490 e. The fourth-order valence-electron chi connectivity index (χ4n) is 2.58. The van der Waals surface area contributed by atoms with Gasteiger partial charge in [0, 0.05) is 6.04 Å². The molecule has 0 saturated heterocycles. The zero-order chi connectivity index (χ0) is 15.4. The third-order valence-corrected chi connectivity index (χ3v) is 3.62. The molecule has 0 radical (unpaired) electrons. The number of aliphatic carboxylic acids is 1. The van der Waals surface area contributed by atoms with Crippen molar-refractivity contribution in [2.24, 2.45) is 5.92 Å². The predicted octanol–water partition coefficient (Wildman–Crippen LogP) is 2.21. The zero-order valence-electron chi connectivity index (χ0n) is 11.8. The Balaban J connectivity index is 2.07. The Morgan fingerprint density at radius 1 is 1.43 bits per heavy atom. The first-order valence-electron chi connectivity index (χ1n) is 6.98. The molecule has 0 spiro atoms. The molecule has 1 aliphatic rings. The summed E-state index contributed by atoms with van der Waals surface area (Å²) in [5.41, 5.74) is 0.135. The molecule has 0 aromatic heterocycles. The van der Waals surface area contributed by atoms with Crippen molar-refractivity contribution in [1.82, 2.24) is 5.32 Å². The number of ether oxygens (including phenoxy) is 1. The molecule has 1 aromatic carbocycles. The average Bonchev–Trinajstić information content (AvgIpc) is 2.90. The van der Waals surface area contributed by atoms with Crippen molar-refractivity contribution in [2.45, 2.75) is 32.2 Å². The molecule has 114 valence electrons. The smallest absolute Gasteiger partial charge is 0.306 e.